The van der Waals surface area contributed by atoms with Gasteiger partial charge in [-0.2, -0.15) is 0 Å². The average molecular weight is 359 g/mol. The van der Waals surface area contributed by atoms with Gasteiger partial charge in [0.15, 0.2) is 0 Å². The Morgan fingerprint density at radius 3 is 2.68 bits per heavy atom. The first-order valence-corrected chi connectivity index (χ1v) is 7.66. The predicted octanol–water partition coefficient (Wildman–Crippen LogP) is 3.48. The predicted molar refractivity (Wildman–Crippen MR) is 91.4 cm³/mol. The quantitative estimate of drug-likeness (QED) is 0.700. The van der Waals surface area contributed by atoms with E-state index in [1.54, 1.807) is 24.3 Å². The van der Waals surface area contributed by atoms with Gasteiger partial charge in [-0.1, -0.05) is 23.7 Å². The van der Waals surface area contributed by atoms with Gasteiger partial charge in [0.05, 0.1) is 0 Å². The van der Waals surface area contributed by atoms with Gasteiger partial charge in [-0.25, -0.2) is 4.39 Å². The van der Waals surface area contributed by atoms with Gasteiger partial charge in [0, 0.05) is 28.7 Å². The number of fused-ring (bicyclic) bond motifs is 1. The number of hydrogen-bond donors (Lipinski definition) is 2. The molecule has 0 fully saturated rings. The highest BCUT2D eigenvalue weighted by molar-refractivity contribution is 6.30. The van der Waals surface area contributed by atoms with Crippen molar-refractivity contribution in [1.29, 1.82) is 0 Å². The first-order valence-electron chi connectivity index (χ1n) is 7.28. The zero-order chi connectivity index (χ0) is 18.0. The summed E-state index contributed by atoms with van der Waals surface area (Å²) in [5.74, 6) is -1.75. The second-order valence-electron chi connectivity index (χ2n) is 5.35. The van der Waals surface area contributed by atoms with Crippen molar-refractivity contribution in [3.05, 3.63) is 70.1 Å². The number of pyridine rings is 1. The van der Waals surface area contributed by atoms with Crippen LogP contribution in [0.15, 0.2) is 42.6 Å². The molecule has 0 bridgehead atoms. The summed E-state index contributed by atoms with van der Waals surface area (Å²) in [7, 11) is 0. The number of carbonyl (C=O) groups is 2. The molecule has 3 aromatic rings. The average Bonchev–Trinajstić information content (AvgIpc) is 2.61. The standard InChI is InChI=1S/C18H12ClFN2O3/c19-12-3-1-10(2-4-12)7-22-18(25)14-8-21-16-13(17(14)24)5-11(9-23)6-15(16)20/h1-6,8-9H,7H2,(H,21,24)(H,22,25). The number of aromatic hydroxyl groups is 1. The number of nitrogens with one attached hydrogen (secondary N) is 1. The first kappa shape index (κ1) is 16.9. The van der Waals surface area contributed by atoms with Gasteiger partial charge < -0.3 is 10.4 Å². The number of aldehydes is 1. The highest BCUT2D eigenvalue weighted by Crippen LogP contribution is 2.29. The zero-order valence-electron chi connectivity index (χ0n) is 12.8. The van der Waals surface area contributed by atoms with Gasteiger partial charge in [-0.3, -0.25) is 14.6 Å². The Bertz CT molecular complexity index is 974. The maximum Gasteiger partial charge on any atom is 0.256 e. The van der Waals surface area contributed by atoms with Crippen LogP contribution in [-0.2, 0) is 6.54 Å². The lowest BCUT2D eigenvalue weighted by molar-refractivity contribution is 0.0948. The molecule has 5 nitrogen and oxygen atoms in total. The van der Waals surface area contributed by atoms with E-state index in [1.807, 2.05) is 0 Å². The van der Waals surface area contributed by atoms with E-state index < -0.39 is 17.5 Å². The summed E-state index contributed by atoms with van der Waals surface area (Å²) in [5, 5.41) is 13.5. The summed E-state index contributed by atoms with van der Waals surface area (Å²) in [6.45, 7) is 0.218. The fourth-order valence-electron chi connectivity index (χ4n) is 2.38. The van der Waals surface area contributed by atoms with Crippen LogP contribution in [0.5, 0.6) is 5.75 Å². The van der Waals surface area contributed by atoms with Crippen molar-refractivity contribution in [3.63, 3.8) is 0 Å². The van der Waals surface area contributed by atoms with Crippen LogP contribution in [0.2, 0.25) is 5.02 Å². The second-order valence-corrected chi connectivity index (χ2v) is 5.78. The number of halogens is 2. The Kier molecular flexibility index (Phi) is 4.63. The number of rotatable bonds is 4. The highest BCUT2D eigenvalue weighted by Gasteiger charge is 2.17. The van der Waals surface area contributed by atoms with Gasteiger partial charge >= 0.3 is 0 Å². The Hall–Kier alpha value is -2.99. The van der Waals surface area contributed by atoms with E-state index in [1.165, 1.54) is 6.07 Å². The molecule has 0 atom stereocenters. The number of benzene rings is 2. The highest BCUT2D eigenvalue weighted by atomic mass is 35.5. The van der Waals surface area contributed by atoms with Crippen molar-refractivity contribution in [2.75, 3.05) is 0 Å². The number of amides is 1. The molecule has 1 aromatic heterocycles. The Balaban J connectivity index is 1.89. The van der Waals surface area contributed by atoms with Crippen LogP contribution in [0.4, 0.5) is 4.39 Å². The second kappa shape index (κ2) is 6.86. The molecule has 3 rings (SSSR count). The Morgan fingerprint density at radius 1 is 1.28 bits per heavy atom. The largest absolute Gasteiger partial charge is 0.506 e. The van der Waals surface area contributed by atoms with E-state index in [0.717, 1.165) is 17.8 Å². The minimum atomic E-state index is -0.747. The number of nitrogens with zero attached hydrogens (tertiary/aromatic N) is 1. The Labute approximate surface area is 147 Å². The minimum Gasteiger partial charge on any atom is -0.506 e. The van der Waals surface area contributed by atoms with Gasteiger partial charge in [-0.15, -0.1) is 0 Å². The monoisotopic (exact) mass is 358 g/mol. The summed E-state index contributed by atoms with van der Waals surface area (Å²) >= 11 is 5.80. The molecule has 0 spiro atoms. The van der Waals surface area contributed by atoms with E-state index >= 15 is 0 Å². The van der Waals surface area contributed by atoms with Crippen LogP contribution in [0.25, 0.3) is 10.9 Å². The molecule has 126 valence electrons. The van der Waals surface area contributed by atoms with Gasteiger partial charge in [0.1, 0.15) is 28.9 Å². The van der Waals surface area contributed by atoms with E-state index in [4.69, 9.17) is 11.6 Å². The molecular formula is C18H12ClFN2O3. The molecule has 25 heavy (non-hydrogen) atoms. The Morgan fingerprint density at radius 2 is 2.00 bits per heavy atom. The van der Waals surface area contributed by atoms with Crippen LogP contribution in [0.3, 0.4) is 0 Å². The number of carbonyl (C=O) groups excluding carboxylic acids is 2. The number of hydrogen-bond acceptors (Lipinski definition) is 4. The van der Waals surface area contributed by atoms with E-state index in [9.17, 15) is 19.1 Å². The summed E-state index contributed by atoms with van der Waals surface area (Å²) in [4.78, 5) is 27.0. The molecule has 0 aliphatic rings. The third-order valence-electron chi connectivity index (χ3n) is 3.67. The van der Waals surface area contributed by atoms with Crippen molar-refractivity contribution in [1.82, 2.24) is 10.3 Å². The maximum atomic E-state index is 13.9. The fraction of sp³-hybridized carbons (Fsp3) is 0.0556. The topological polar surface area (TPSA) is 79.3 Å². The molecule has 7 heteroatoms. The summed E-state index contributed by atoms with van der Waals surface area (Å²) in [6.07, 6.45) is 1.55. The molecule has 0 saturated carbocycles. The zero-order valence-corrected chi connectivity index (χ0v) is 13.5. The molecular weight excluding hydrogens is 347 g/mol. The van der Waals surface area contributed by atoms with Crippen LogP contribution in [0.1, 0.15) is 26.3 Å². The van der Waals surface area contributed by atoms with Crippen molar-refractivity contribution in [3.8, 4) is 5.75 Å². The summed E-state index contributed by atoms with van der Waals surface area (Å²) < 4.78 is 13.9. The smallest absolute Gasteiger partial charge is 0.256 e. The summed E-state index contributed by atoms with van der Waals surface area (Å²) in [5.41, 5.74) is 0.641. The molecule has 0 aliphatic heterocycles. The molecule has 2 aromatic carbocycles. The minimum absolute atomic E-state index is 0.00115. The normalized spacial score (nSPS) is 10.6. The van der Waals surface area contributed by atoms with Gasteiger partial charge in [0.2, 0.25) is 0 Å². The van der Waals surface area contributed by atoms with Crippen molar-refractivity contribution in [2.45, 2.75) is 6.54 Å². The molecule has 0 saturated heterocycles. The van der Waals surface area contributed by atoms with Crippen molar-refractivity contribution < 1.29 is 19.1 Å². The van der Waals surface area contributed by atoms with E-state index in [2.05, 4.69) is 10.3 Å². The van der Waals surface area contributed by atoms with Crippen LogP contribution in [-0.4, -0.2) is 22.3 Å². The number of aromatic nitrogens is 1. The van der Waals surface area contributed by atoms with Crippen molar-refractivity contribution in [2.24, 2.45) is 0 Å². The SMILES string of the molecule is O=Cc1cc(F)c2ncc(C(=O)NCc3ccc(Cl)cc3)c(O)c2c1. The first-order chi connectivity index (χ1) is 12.0. The van der Waals surface area contributed by atoms with Crippen LogP contribution < -0.4 is 5.32 Å². The van der Waals surface area contributed by atoms with Gasteiger partial charge in [0.25, 0.3) is 5.91 Å². The molecule has 0 unspecified atom stereocenters. The molecule has 0 radical (unpaired) electrons. The molecule has 1 heterocycles. The fourth-order valence-corrected chi connectivity index (χ4v) is 2.51. The van der Waals surface area contributed by atoms with Crippen molar-refractivity contribution >= 4 is 34.7 Å². The molecule has 1 amide bonds. The molecule has 0 aliphatic carbocycles. The van der Waals surface area contributed by atoms with E-state index in [0.29, 0.717) is 11.3 Å². The summed E-state index contributed by atoms with van der Waals surface area (Å²) in [6, 6.07) is 9.20. The van der Waals surface area contributed by atoms with Gasteiger partial charge in [-0.05, 0) is 29.8 Å². The lowest BCUT2D eigenvalue weighted by Crippen LogP contribution is -2.23. The van der Waals surface area contributed by atoms with E-state index in [-0.39, 0.29) is 28.6 Å². The third-order valence-corrected chi connectivity index (χ3v) is 3.92. The maximum absolute atomic E-state index is 13.9. The molecule has 2 N–H and O–H groups in total. The van der Waals surface area contributed by atoms with Crippen LogP contribution in [0, 0.1) is 5.82 Å². The lowest BCUT2D eigenvalue weighted by atomic mass is 10.1. The third kappa shape index (κ3) is 3.44. The van der Waals surface area contributed by atoms with Crippen LogP contribution >= 0.6 is 11.6 Å². The lowest BCUT2D eigenvalue weighted by Gasteiger charge is -2.09.